The molecule has 2 aromatic rings. The molecule has 2 nitrogen and oxygen atoms in total. The summed E-state index contributed by atoms with van der Waals surface area (Å²) in [5.41, 5.74) is 1.02. The van der Waals surface area contributed by atoms with Crippen LogP contribution in [0.3, 0.4) is 0 Å². The van der Waals surface area contributed by atoms with E-state index in [9.17, 15) is 9.18 Å². The van der Waals surface area contributed by atoms with Crippen molar-refractivity contribution in [2.24, 2.45) is 0 Å². The summed E-state index contributed by atoms with van der Waals surface area (Å²) < 4.78 is 13.3. The van der Waals surface area contributed by atoms with Gasteiger partial charge in [-0.2, -0.15) is 0 Å². The molecule has 0 unspecified atom stereocenters. The van der Waals surface area contributed by atoms with Crippen molar-refractivity contribution in [3.8, 4) is 0 Å². The number of rotatable bonds is 3. The van der Waals surface area contributed by atoms with Crippen LogP contribution < -0.4 is 0 Å². The van der Waals surface area contributed by atoms with E-state index in [0.717, 1.165) is 10.7 Å². The molecule has 0 spiro atoms. The number of aromatic nitrogens is 1. The zero-order valence-corrected chi connectivity index (χ0v) is 9.55. The number of aryl methyl sites for hydroxylation is 1. The Kier molecular flexibility index (Phi) is 3.10. The van der Waals surface area contributed by atoms with Crippen molar-refractivity contribution in [3.63, 3.8) is 0 Å². The summed E-state index contributed by atoms with van der Waals surface area (Å²) in [6.45, 7) is 1.87. The molecule has 0 bridgehead atoms. The molecule has 1 aromatic heterocycles. The van der Waals surface area contributed by atoms with Crippen LogP contribution >= 0.6 is 11.3 Å². The lowest BCUT2D eigenvalue weighted by Crippen LogP contribution is -2.05. The molecule has 4 heteroatoms. The van der Waals surface area contributed by atoms with E-state index in [4.69, 9.17) is 0 Å². The first-order chi connectivity index (χ1) is 7.66. The lowest BCUT2D eigenvalue weighted by molar-refractivity contribution is 0.0989. The number of hydrogen-bond acceptors (Lipinski definition) is 3. The molecule has 1 heterocycles. The summed E-state index contributed by atoms with van der Waals surface area (Å²) in [5, 5.41) is 2.61. The van der Waals surface area contributed by atoms with Gasteiger partial charge in [0, 0.05) is 11.1 Å². The second-order valence-electron chi connectivity index (χ2n) is 3.46. The predicted octanol–water partition coefficient (Wildman–Crippen LogP) is 3.02. The van der Waals surface area contributed by atoms with E-state index < -0.39 is 5.82 Å². The molecule has 16 heavy (non-hydrogen) atoms. The molecule has 0 radical (unpaired) electrons. The van der Waals surface area contributed by atoms with Gasteiger partial charge < -0.3 is 0 Å². The van der Waals surface area contributed by atoms with Gasteiger partial charge in [0.2, 0.25) is 0 Å². The van der Waals surface area contributed by atoms with Gasteiger partial charge in [-0.3, -0.25) is 4.79 Å². The summed E-state index contributed by atoms with van der Waals surface area (Å²) >= 11 is 1.42. The third-order valence-electron chi connectivity index (χ3n) is 2.15. The second-order valence-corrected chi connectivity index (χ2v) is 4.41. The highest BCUT2D eigenvalue weighted by Crippen LogP contribution is 2.14. The van der Waals surface area contributed by atoms with Crippen LogP contribution in [-0.2, 0) is 6.42 Å². The highest BCUT2D eigenvalue weighted by Gasteiger charge is 2.13. The number of nitrogens with zero attached hydrogens (tertiary/aromatic N) is 1. The van der Waals surface area contributed by atoms with Crippen molar-refractivity contribution in [2.45, 2.75) is 13.3 Å². The molecule has 0 aliphatic rings. The van der Waals surface area contributed by atoms with Crippen molar-refractivity contribution in [3.05, 3.63) is 51.7 Å². The minimum atomic E-state index is -0.472. The van der Waals surface area contributed by atoms with Crippen molar-refractivity contribution in [2.75, 3.05) is 0 Å². The second kappa shape index (κ2) is 4.53. The lowest BCUT2D eigenvalue weighted by Gasteiger charge is -1.99. The van der Waals surface area contributed by atoms with Gasteiger partial charge in [0.1, 0.15) is 10.8 Å². The molecule has 0 amide bonds. The summed E-state index contributed by atoms with van der Waals surface area (Å²) in [5.74, 6) is -0.701. The Balaban J connectivity index is 2.18. The zero-order valence-electron chi connectivity index (χ0n) is 8.74. The van der Waals surface area contributed by atoms with Crippen molar-refractivity contribution in [1.82, 2.24) is 4.98 Å². The van der Waals surface area contributed by atoms with Gasteiger partial charge in [-0.25, -0.2) is 9.37 Å². The number of ketones is 1. The number of Topliss-reactive ketones (excluding diaryl/α,β-unsaturated/α-hetero) is 1. The largest absolute Gasteiger partial charge is 0.294 e. The fourth-order valence-corrected chi connectivity index (χ4v) is 2.17. The van der Waals surface area contributed by atoms with E-state index in [1.54, 1.807) is 12.1 Å². The number of thiazole rings is 1. The molecule has 0 saturated heterocycles. The predicted molar refractivity (Wildman–Crippen MR) is 61.3 cm³/mol. The van der Waals surface area contributed by atoms with Gasteiger partial charge in [0.05, 0.1) is 12.0 Å². The van der Waals surface area contributed by atoms with E-state index in [1.165, 1.54) is 23.5 Å². The summed E-state index contributed by atoms with van der Waals surface area (Å²) in [6, 6.07) is 6.02. The Bertz CT molecular complexity index is 521. The Labute approximate surface area is 96.8 Å². The van der Waals surface area contributed by atoms with E-state index in [1.807, 2.05) is 12.3 Å². The average Bonchev–Trinajstić information content (AvgIpc) is 2.64. The maximum Gasteiger partial charge on any atom is 0.172 e. The molecule has 1 aromatic carbocycles. The van der Waals surface area contributed by atoms with Crippen molar-refractivity contribution in [1.29, 1.82) is 0 Å². The SMILES string of the molecule is Cc1csc(CC(=O)c2ccccc2F)n1. The van der Waals surface area contributed by atoms with Crippen molar-refractivity contribution >= 4 is 17.1 Å². The van der Waals surface area contributed by atoms with Gasteiger partial charge in [-0.05, 0) is 19.1 Å². The third-order valence-corrected chi connectivity index (χ3v) is 3.12. The lowest BCUT2D eigenvalue weighted by atomic mass is 10.1. The molecule has 0 N–H and O–H groups in total. The van der Waals surface area contributed by atoms with E-state index in [0.29, 0.717) is 0 Å². The fraction of sp³-hybridized carbons (Fsp3) is 0.167. The molecule has 82 valence electrons. The zero-order chi connectivity index (χ0) is 11.5. The third kappa shape index (κ3) is 2.33. The Morgan fingerprint density at radius 3 is 2.81 bits per heavy atom. The number of halogens is 1. The quantitative estimate of drug-likeness (QED) is 0.765. The van der Waals surface area contributed by atoms with Crippen LogP contribution in [0.2, 0.25) is 0 Å². The van der Waals surface area contributed by atoms with Crippen LogP contribution in [0.25, 0.3) is 0 Å². The van der Waals surface area contributed by atoms with Crippen LogP contribution in [0.15, 0.2) is 29.6 Å². The standard InChI is InChI=1S/C12H10FNOS/c1-8-7-16-12(14-8)6-11(15)9-4-2-3-5-10(9)13/h2-5,7H,6H2,1H3. The molecular weight excluding hydrogens is 225 g/mol. The molecule has 0 fully saturated rings. The van der Waals surface area contributed by atoms with Crippen LogP contribution in [0.5, 0.6) is 0 Å². The monoisotopic (exact) mass is 235 g/mol. The number of carbonyl (C=O) groups is 1. The normalized spacial score (nSPS) is 10.4. The number of benzene rings is 1. The Morgan fingerprint density at radius 1 is 1.44 bits per heavy atom. The summed E-state index contributed by atoms with van der Waals surface area (Å²) in [4.78, 5) is 16.0. The molecule has 0 atom stereocenters. The summed E-state index contributed by atoms with van der Waals surface area (Å²) in [7, 11) is 0. The van der Waals surface area contributed by atoms with E-state index >= 15 is 0 Å². The Morgan fingerprint density at radius 2 is 2.19 bits per heavy atom. The number of hydrogen-bond donors (Lipinski definition) is 0. The average molecular weight is 235 g/mol. The van der Waals surface area contributed by atoms with Gasteiger partial charge >= 0.3 is 0 Å². The Hall–Kier alpha value is -1.55. The smallest absolute Gasteiger partial charge is 0.172 e. The van der Waals surface area contributed by atoms with Crippen LogP contribution in [-0.4, -0.2) is 10.8 Å². The minimum absolute atomic E-state index is 0.135. The van der Waals surface area contributed by atoms with Gasteiger partial charge in [-0.1, -0.05) is 12.1 Å². The first-order valence-electron chi connectivity index (χ1n) is 4.85. The first-order valence-corrected chi connectivity index (χ1v) is 5.73. The highest BCUT2D eigenvalue weighted by molar-refractivity contribution is 7.09. The van der Waals surface area contributed by atoms with Gasteiger partial charge in [0.25, 0.3) is 0 Å². The molecule has 0 saturated carbocycles. The topological polar surface area (TPSA) is 30.0 Å². The van der Waals surface area contributed by atoms with E-state index in [2.05, 4.69) is 4.98 Å². The molecular formula is C12H10FNOS. The van der Waals surface area contributed by atoms with Gasteiger partial charge in [0.15, 0.2) is 5.78 Å². The van der Waals surface area contributed by atoms with Crippen molar-refractivity contribution < 1.29 is 9.18 Å². The summed E-state index contributed by atoms with van der Waals surface area (Å²) in [6.07, 6.45) is 0.166. The van der Waals surface area contributed by atoms with Crippen LogP contribution in [0.1, 0.15) is 21.1 Å². The maximum atomic E-state index is 13.3. The molecule has 0 aliphatic carbocycles. The number of carbonyl (C=O) groups excluding carboxylic acids is 1. The van der Waals surface area contributed by atoms with Crippen LogP contribution in [0.4, 0.5) is 4.39 Å². The first kappa shape index (κ1) is 11.0. The highest BCUT2D eigenvalue weighted by atomic mass is 32.1. The molecule has 2 rings (SSSR count). The fourth-order valence-electron chi connectivity index (χ4n) is 1.40. The van der Waals surface area contributed by atoms with Gasteiger partial charge in [-0.15, -0.1) is 11.3 Å². The van der Waals surface area contributed by atoms with Crippen LogP contribution in [0, 0.1) is 12.7 Å². The maximum absolute atomic E-state index is 13.3. The molecule has 0 aliphatic heterocycles. The minimum Gasteiger partial charge on any atom is -0.294 e. The van der Waals surface area contributed by atoms with E-state index in [-0.39, 0.29) is 17.8 Å².